The lowest BCUT2D eigenvalue weighted by Gasteiger charge is -2.12. The number of amides is 2. The molecular weight excluding hydrogens is 324 g/mol. The normalized spacial score (nSPS) is 9.88. The summed E-state index contributed by atoms with van der Waals surface area (Å²) in [5.74, 6) is 1.15. The lowest BCUT2D eigenvalue weighted by Crippen LogP contribution is -2.20. The van der Waals surface area contributed by atoms with Crippen molar-refractivity contribution in [3.63, 3.8) is 0 Å². The first-order valence-corrected chi connectivity index (χ1v) is 7.54. The minimum Gasteiger partial charge on any atom is -0.497 e. The molecule has 0 unspecified atom stereocenters. The molecule has 0 bridgehead atoms. The summed E-state index contributed by atoms with van der Waals surface area (Å²) in [4.78, 5) is 23.0. The number of hydrogen-bond donors (Lipinski definition) is 2. The summed E-state index contributed by atoms with van der Waals surface area (Å²) < 4.78 is 15.8. The largest absolute Gasteiger partial charge is 0.497 e. The Kier molecular flexibility index (Phi) is 6.22. The van der Waals surface area contributed by atoms with Crippen LogP contribution in [0.2, 0.25) is 0 Å². The van der Waals surface area contributed by atoms with E-state index in [1.165, 1.54) is 14.0 Å². The van der Waals surface area contributed by atoms with Gasteiger partial charge in [0.2, 0.25) is 5.91 Å². The molecule has 0 radical (unpaired) electrons. The monoisotopic (exact) mass is 344 g/mol. The van der Waals surface area contributed by atoms with Crippen LogP contribution in [0, 0.1) is 0 Å². The van der Waals surface area contributed by atoms with E-state index in [1.54, 1.807) is 49.6 Å². The first-order valence-electron chi connectivity index (χ1n) is 7.54. The molecule has 0 aliphatic heterocycles. The fourth-order valence-corrected chi connectivity index (χ4v) is 2.08. The maximum absolute atomic E-state index is 12.1. The molecule has 0 atom stereocenters. The minimum atomic E-state index is -0.336. The zero-order valence-corrected chi connectivity index (χ0v) is 14.3. The third-order valence-electron chi connectivity index (χ3n) is 3.23. The van der Waals surface area contributed by atoms with Crippen molar-refractivity contribution in [2.45, 2.75) is 6.92 Å². The van der Waals surface area contributed by atoms with E-state index in [0.717, 1.165) is 0 Å². The molecule has 2 amide bonds. The number of carbonyl (C=O) groups excluding carboxylic acids is 2. The molecule has 0 fully saturated rings. The number of hydrogen-bond acceptors (Lipinski definition) is 5. The van der Waals surface area contributed by atoms with Gasteiger partial charge in [-0.3, -0.25) is 9.59 Å². The number of anilines is 2. The van der Waals surface area contributed by atoms with Gasteiger partial charge >= 0.3 is 0 Å². The third-order valence-corrected chi connectivity index (χ3v) is 3.23. The van der Waals surface area contributed by atoms with Crippen molar-refractivity contribution in [3.8, 4) is 17.2 Å². The molecule has 0 saturated heterocycles. The van der Waals surface area contributed by atoms with Crippen LogP contribution in [-0.2, 0) is 9.59 Å². The SMILES string of the molecule is COc1ccc(OC)c(NC(=O)COc2ccc(NC(C)=O)cc2)c1. The summed E-state index contributed by atoms with van der Waals surface area (Å²) >= 11 is 0. The highest BCUT2D eigenvalue weighted by Crippen LogP contribution is 2.28. The third kappa shape index (κ3) is 5.42. The summed E-state index contributed by atoms with van der Waals surface area (Å²) in [5, 5.41) is 5.37. The van der Waals surface area contributed by atoms with E-state index in [9.17, 15) is 9.59 Å². The molecular formula is C18H20N2O5. The fraction of sp³-hybridized carbons (Fsp3) is 0.222. The molecule has 132 valence electrons. The predicted molar refractivity (Wildman–Crippen MR) is 94.4 cm³/mol. The molecule has 0 aliphatic rings. The molecule has 7 heteroatoms. The highest BCUT2D eigenvalue weighted by molar-refractivity contribution is 5.93. The van der Waals surface area contributed by atoms with Gasteiger partial charge in [0.25, 0.3) is 5.91 Å². The van der Waals surface area contributed by atoms with Gasteiger partial charge < -0.3 is 24.8 Å². The molecule has 25 heavy (non-hydrogen) atoms. The van der Waals surface area contributed by atoms with Crippen LogP contribution in [0.25, 0.3) is 0 Å². The second kappa shape index (κ2) is 8.58. The molecule has 2 aromatic rings. The van der Waals surface area contributed by atoms with Crippen LogP contribution in [0.1, 0.15) is 6.92 Å². The molecule has 0 aromatic heterocycles. The number of ether oxygens (including phenoxy) is 3. The first-order chi connectivity index (χ1) is 12.0. The van der Waals surface area contributed by atoms with Crippen LogP contribution in [0.15, 0.2) is 42.5 Å². The maximum Gasteiger partial charge on any atom is 0.262 e. The second-order valence-electron chi connectivity index (χ2n) is 5.11. The van der Waals surface area contributed by atoms with Gasteiger partial charge in [-0.05, 0) is 36.4 Å². The van der Waals surface area contributed by atoms with E-state index in [2.05, 4.69) is 10.6 Å². The first kappa shape index (κ1) is 18.1. The summed E-state index contributed by atoms with van der Waals surface area (Å²) in [5.41, 5.74) is 1.15. The fourth-order valence-electron chi connectivity index (χ4n) is 2.08. The highest BCUT2D eigenvalue weighted by atomic mass is 16.5. The van der Waals surface area contributed by atoms with Crippen molar-refractivity contribution in [2.75, 3.05) is 31.5 Å². The topological polar surface area (TPSA) is 85.9 Å². The van der Waals surface area contributed by atoms with Gasteiger partial charge in [0.1, 0.15) is 17.2 Å². The highest BCUT2D eigenvalue weighted by Gasteiger charge is 2.10. The van der Waals surface area contributed by atoms with Gasteiger partial charge in [0.05, 0.1) is 19.9 Å². The van der Waals surface area contributed by atoms with Crippen molar-refractivity contribution in [1.82, 2.24) is 0 Å². The standard InChI is InChI=1S/C18H20N2O5/c1-12(21)19-13-4-6-14(7-5-13)25-11-18(22)20-16-10-15(23-2)8-9-17(16)24-3/h4-10H,11H2,1-3H3,(H,19,21)(H,20,22). The minimum absolute atomic E-state index is 0.153. The summed E-state index contributed by atoms with van der Waals surface area (Å²) in [6, 6.07) is 11.8. The van der Waals surface area contributed by atoms with E-state index < -0.39 is 0 Å². The predicted octanol–water partition coefficient (Wildman–Crippen LogP) is 2.68. The summed E-state index contributed by atoms with van der Waals surface area (Å²) in [7, 11) is 3.06. The van der Waals surface area contributed by atoms with Crippen LogP contribution in [0.4, 0.5) is 11.4 Å². The quantitative estimate of drug-likeness (QED) is 0.806. The zero-order valence-electron chi connectivity index (χ0n) is 14.3. The Morgan fingerprint density at radius 2 is 1.60 bits per heavy atom. The van der Waals surface area contributed by atoms with Crippen molar-refractivity contribution in [2.24, 2.45) is 0 Å². The number of benzene rings is 2. The second-order valence-corrected chi connectivity index (χ2v) is 5.11. The van der Waals surface area contributed by atoms with E-state index in [0.29, 0.717) is 28.6 Å². The van der Waals surface area contributed by atoms with Gasteiger partial charge in [-0.15, -0.1) is 0 Å². The maximum atomic E-state index is 12.1. The van der Waals surface area contributed by atoms with Crippen molar-refractivity contribution in [3.05, 3.63) is 42.5 Å². The molecule has 0 saturated carbocycles. The van der Waals surface area contributed by atoms with E-state index in [4.69, 9.17) is 14.2 Å². The van der Waals surface area contributed by atoms with Crippen LogP contribution in [0.5, 0.6) is 17.2 Å². The van der Waals surface area contributed by atoms with Gasteiger partial charge in [-0.2, -0.15) is 0 Å². The smallest absolute Gasteiger partial charge is 0.262 e. The van der Waals surface area contributed by atoms with Crippen molar-refractivity contribution >= 4 is 23.2 Å². The van der Waals surface area contributed by atoms with Crippen LogP contribution in [0.3, 0.4) is 0 Å². The number of rotatable bonds is 7. The summed E-state index contributed by atoms with van der Waals surface area (Å²) in [6.45, 7) is 1.27. The molecule has 2 rings (SSSR count). The lowest BCUT2D eigenvalue weighted by atomic mass is 10.2. The van der Waals surface area contributed by atoms with Gasteiger partial charge in [-0.1, -0.05) is 0 Å². The Morgan fingerprint density at radius 1 is 0.920 bits per heavy atom. The number of methoxy groups -OCH3 is 2. The number of nitrogens with one attached hydrogen (secondary N) is 2. The molecule has 7 nitrogen and oxygen atoms in total. The van der Waals surface area contributed by atoms with Crippen LogP contribution >= 0.6 is 0 Å². The van der Waals surface area contributed by atoms with Gasteiger partial charge in [0, 0.05) is 18.7 Å². The molecule has 0 heterocycles. The molecule has 0 aliphatic carbocycles. The van der Waals surface area contributed by atoms with Crippen LogP contribution < -0.4 is 24.8 Å². The Labute approximate surface area is 145 Å². The van der Waals surface area contributed by atoms with Crippen LogP contribution in [-0.4, -0.2) is 32.6 Å². The Bertz CT molecular complexity index is 744. The Morgan fingerprint density at radius 3 is 2.20 bits per heavy atom. The van der Waals surface area contributed by atoms with Crippen molar-refractivity contribution < 1.29 is 23.8 Å². The molecule has 0 spiro atoms. The number of carbonyl (C=O) groups is 2. The zero-order chi connectivity index (χ0) is 18.2. The molecule has 2 aromatic carbocycles. The Hall–Kier alpha value is -3.22. The average Bonchev–Trinajstić information content (AvgIpc) is 2.60. The van der Waals surface area contributed by atoms with Gasteiger partial charge in [0.15, 0.2) is 6.61 Å². The van der Waals surface area contributed by atoms with Gasteiger partial charge in [-0.25, -0.2) is 0 Å². The lowest BCUT2D eigenvalue weighted by molar-refractivity contribution is -0.118. The van der Waals surface area contributed by atoms with Crippen molar-refractivity contribution in [1.29, 1.82) is 0 Å². The summed E-state index contributed by atoms with van der Waals surface area (Å²) in [6.07, 6.45) is 0. The van der Waals surface area contributed by atoms with E-state index in [-0.39, 0.29) is 18.4 Å². The average molecular weight is 344 g/mol. The molecule has 2 N–H and O–H groups in total. The van der Waals surface area contributed by atoms with E-state index in [1.807, 2.05) is 0 Å². The van der Waals surface area contributed by atoms with E-state index >= 15 is 0 Å². The Balaban J connectivity index is 1.93.